The van der Waals surface area contributed by atoms with Gasteiger partial charge in [-0.3, -0.25) is 0 Å². The first kappa shape index (κ1) is 16.5. The number of esters is 1. The van der Waals surface area contributed by atoms with Crippen molar-refractivity contribution in [1.29, 1.82) is 0 Å². The van der Waals surface area contributed by atoms with Crippen molar-refractivity contribution < 1.29 is 19.4 Å². The Morgan fingerprint density at radius 3 is 2.06 bits per heavy atom. The van der Waals surface area contributed by atoms with E-state index in [1.165, 1.54) is 6.08 Å². The van der Waals surface area contributed by atoms with Gasteiger partial charge in [-0.05, 0) is 33.6 Å². The SMILES string of the molecule is CC=C(N[C@@H](C(=O)OC(C)(C)C)C(C)C)C(=O)O. The van der Waals surface area contributed by atoms with Gasteiger partial charge in [-0.25, -0.2) is 9.59 Å². The fourth-order valence-electron chi connectivity index (χ4n) is 1.30. The molecule has 104 valence electrons. The normalized spacial score (nSPS) is 14.3. The van der Waals surface area contributed by atoms with E-state index in [1.54, 1.807) is 27.7 Å². The van der Waals surface area contributed by atoms with Crippen LogP contribution < -0.4 is 5.32 Å². The van der Waals surface area contributed by atoms with Gasteiger partial charge in [0.05, 0.1) is 0 Å². The number of carbonyl (C=O) groups is 2. The molecule has 0 heterocycles. The van der Waals surface area contributed by atoms with Crippen LogP contribution in [0.1, 0.15) is 41.5 Å². The van der Waals surface area contributed by atoms with Crippen LogP contribution >= 0.6 is 0 Å². The summed E-state index contributed by atoms with van der Waals surface area (Å²) < 4.78 is 5.26. The van der Waals surface area contributed by atoms with Crippen LogP contribution in [0.2, 0.25) is 0 Å². The maximum atomic E-state index is 12.0. The van der Waals surface area contributed by atoms with Crippen LogP contribution in [0, 0.1) is 5.92 Å². The quantitative estimate of drug-likeness (QED) is 0.581. The molecular formula is C13H23NO4. The number of allylic oxidation sites excluding steroid dienone is 1. The predicted octanol–water partition coefficient (Wildman–Crippen LogP) is 1.93. The van der Waals surface area contributed by atoms with Crippen molar-refractivity contribution in [3.63, 3.8) is 0 Å². The van der Waals surface area contributed by atoms with Gasteiger partial charge in [-0.15, -0.1) is 0 Å². The molecule has 5 nitrogen and oxygen atoms in total. The molecule has 0 spiro atoms. The minimum Gasteiger partial charge on any atom is -0.477 e. The fourth-order valence-corrected chi connectivity index (χ4v) is 1.30. The summed E-state index contributed by atoms with van der Waals surface area (Å²) in [7, 11) is 0. The first-order valence-electron chi connectivity index (χ1n) is 5.97. The molecule has 0 aromatic heterocycles. The van der Waals surface area contributed by atoms with Crippen LogP contribution in [0.4, 0.5) is 0 Å². The van der Waals surface area contributed by atoms with Gasteiger partial charge < -0.3 is 15.2 Å². The average Bonchev–Trinajstić information content (AvgIpc) is 2.14. The van der Waals surface area contributed by atoms with Crippen LogP contribution in [-0.4, -0.2) is 28.7 Å². The lowest BCUT2D eigenvalue weighted by Gasteiger charge is -2.27. The molecule has 0 bridgehead atoms. The summed E-state index contributed by atoms with van der Waals surface area (Å²) in [5, 5.41) is 11.6. The standard InChI is InChI=1S/C13H23NO4/c1-7-9(11(15)16)14-10(8(2)3)12(17)18-13(4,5)6/h7-8,10,14H,1-6H3,(H,15,16)/t10-/m1/s1. The Kier molecular flexibility index (Phi) is 5.88. The highest BCUT2D eigenvalue weighted by Crippen LogP contribution is 2.13. The molecular weight excluding hydrogens is 234 g/mol. The second kappa shape index (κ2) is 6.42. The van der Waals surface area contributed by atoms with E-state index in [4.69, 9.17) is 9.84 Å². The smallest absolute Gasteiger partial charge is 0.351 e. The topological polar surface area (TPSA) is 75.6 Å². The van der Waals surface area contributed by atoms with Crippen LogP contribution in [-0.2, 0) is 14.3 Å². The molecule has 0 aliphatic carbocycles. The van der Waals surface area contributed by atoms with Crippen LogP contribution in [0.25, 0.3) is 0 Å². The number of aliphatic carboxylic acids is 1. The van der Waals surface area contributed by atoms with E-state index in [9.17, 15) is 9.59 Å². The summed E-state index contributed by atoms with van der Waals surface area (Å²) in [6.07, 6.45) is 1.42. The third kappa shape index (κ3) is 5.70. The van der Waals surface area contributed by atoms with Crippen molar-refractivity contribution in [2.45, 2.75) is 53.2 Å². The molecule has 18 heavy (non-hydrogen) atoms. The van der Waals surface area contributed by atoms with E-state index in [1.807, 2.05) is 13.8 Å². The molecule has 1 atom stereocenters. The Labute approximate surface area is 108 Å². The first-order valence-corrected chi connectivity index (χ1v) is 5.97. The zero-order valence-electron chi connectivity index (χ0n) is 11.9. The Morgan fingerprint density at radius 1 is 1.28 bits per heavy atom. The number of carboxylic acid groups (broad SMARTS) is 1. The zero-order valence-corrected chi connectivity index (χ0v) is 11.9. The van der Waals surface area contributed by atoms with Crippen LogP contribution in [0.15, 0.2) is 11.8 Å². The molecule has 0 aliphatic rings. The summed E-state index contributed by atoms with van der Waals surface area (Å²) in [5.41, 5.74) is -0.592. The lowest BCUT2D eigenvalue weighted by molar-refractivity contribution is -0.158. The number of hydrogen-bond acceptors (Lipinski definition) is 4. The van der Waals surface area contributed by atoms with Gasteiger partial charge in [0.2, 0.25) is 0 Å². The first-order chi connectivity index (χ1) is 8.08. The highest BCUT2D eigenvalue weighted by Gasteiger charge is 2.29. The minimum absolute atomic E-state index is 0.000408. The Hall–Kier alpha value is -1.52. The van der Waals surface area contributed by atoms with Crippen molar-refractivity contribution >= 4 is 11.9 Å². The number of hydrogen-bond donors (Lipinski definition) is 2. The van der Waals surface area contributed by atoms with Crippen molar-refractivity contribution in [2.24, 2.45) is 5.92 Å². The van der Waals surface area contributed by atoms with Crippen molar-refractivity contribution in [3.05, 3.63) is 11.8 Å². The van der Waals surface area contributed by atoms with Gasteiger partial charge >= 0.3 is 11.9 Å². The van der Waals surface area contributed by atoms with Crippen molar-refractivity contribution in [1.82, 2.24) is 5.32 Å². The Morgan fingerprint density at radius 2 is 1.78 bits per heavy atom. The third-order valence-electron chi connectivity index (χ3n) is 2.16. The van der Waals surface area contributed by atoms with Crippen molar-refractivity contribution in [2.75, 3.05) is 0 Å². The van der Waals surface area contributed by atoms with Gasteiger partial charge in [0.15, 0.2) is 0 Å². The summed E-state index contributed by atoms with van der Waals surface area (Å²) in [6, 6.07) is -0.675. The van der Waals surface area contributed by atoms with E-state index in [0.717, 1.165) is 0 Å². The number of nitrogens with one attached hydrogen (secondary N) is 1. The Balaban J connectivity index is 4.88. The minimum atomic E-state index is -1.09. The highest BCUT2D eigenvalue weighted by molar-refractivity contribution is 5.87. The largest absolute Gasteiger partial charge is 0.477 e. The monoisotopic (exact) mass is 257 g/mol. The van der Waals surface area contributed by atoms with Crippen LogP contribution in [0.5, 0.6) is 0 Å². The van der Waals surface area contributed by atoms with Gasteiger partial charge in [0.1, 0.15) is 17.3 Å². The molecule has 0 radical (unpaired) electrons. The molecule has 0 aromatic rings. The second-order valence-electron chi connectivity index (χ2n) is 5.41. The zero-order chi connectivity index (χ0) is 14.5. The predicted molar refractivity (Wildman–Crippen MR) is 69.0 cm³/mol. The lowest BCUT2D eigenvalue weighted by Crippen LogP contribution is -2.45. The van der Waals surface area contributed by atoms with E-state index in [-0.39, 0.29) is 11.6 Å². The highest BCUT2D eigenvalue weighted by atomic mass is 16.6. The molecule has 0 saturated heterocycles. The molecule has 0 fully saturated rings. The molecule has 0 rings (SSSR count). The number of ether oxygens (including phenoxy) is 1. The van der Waals surface area contributed by atoms with Gasteiger partial charge in [-0.1, -0.05) is 19.9 Å². The molecule has 2 N–H and O–H groups in total. The fraction of sp³-hybridized carbons (Fsp3) is 0.692. The second-order valence-corrected chi connectivity index (χ2v) is 5.41. The molecule has 0 unspecified atom stereocenters. The number of carboxylic acids is 1. The Bertz CT molecular complexity index is 339. The van der Waals surface area contributed by atoms with E-state index >= 15 is 0 Å². The molecule has 0 aliphatic heterocycles. The summed E-state index contributed by atoms with van der Waals surface area (Å²) in [4.78, 5) is 22.9. The maximum absolute atomic E-state index is 12.0. The molecule has 0 saturated carbocycles. The van der Waals surface area contributed by atoms with Crippen LogP contribution in [0.3, 0.4) is 0 Å². The summed E-state index contributed by atoms with van der Waals surface area (Å²) in [5.74, 6) is -1.61. The third-order valence-corrected chi connectivity index (χ3v) is 2.16. The number of carbonyl (C=O) groups excluding carboxylic acids is 1. The van der Waals surface area contributed by atoms with Gasteiger partial charge in [0.25, 0.3) is 0 Å². The molecule has 0 amide bonds. The molecule has 0 aromatic carbocycles. The van der Waals surface area contributed by atoms with Gasteiger partial charge in [0, 0.05) is 0 Å². The maximum Gasteiger partial charge on any atom is 0.351 e. The number of rotatable bonds is 5. The summed E-state index contributed by atoms with van der Waals surface area (Å²) in [6.45, 7) is 10.6. The van der Waals surface area contributed by atoms with Crippen molar-refractivity contribution in [3.8, 4) is 0 Å². The average molecular weight is 257 g/mol. The lowest BCUT2D eigenvalue weighted by atomic mass is 10.0. The van der Waals surface area contributed by atoms with E-state index in [2.05, 4.69) is 5.32 Å². The van der Waals surface area contributed by atoms with E-state index < -0.39 is 23.6 Å². The summed E-state index contributed by atoms with van der Waals surface area (Å²) >= 11 is 0. The van der Waals surface area contributed by atoms with E-state index in [0.29, 0.717) is 0 Å². The van der Waals surface area contributed by atoms with Gasteiger partial charge in [-0.2, -0.15) is 0 Å². The molecule has 5 heteroatoms.